The third-order valence-electron chi connectivity index (χ3n) is 6.80. The number of hydrogen-bond donors (Lipinski definition) is 3. The molecule has 10 heteroatoms. The number of aliphatic carboxylic acids is 1. The topological polar surface area (TPSA) is 131 Å². The summed E-state index contributed by atoms with van der Waals surface area (Å²) in [5, 5.41) is 15.5. The summed E-state index contributed by atoms with van der Waals surface area (Å²) >= 11 is 0. The van der Waals surface area contributed by atoms with Crippen LogP contribution in [0.1, 0.15) is 48.9 Å². The molecule has 0 aliphatic heterocycles. The number of ether oxygens (including phenoxy) is 2. The number of aromatic nitrogens is 2. The van der Waals surface area contributed by atoms with Crippen LogP contribution in [0.15, 0.2) is 42.6 Å². The summed E-state index contributed by atoms with van der Waals surface area (Å²) in [6, 6.07) is 10.2. The average Bonchev–Trinajstić information content (AvgIpc) is 3.30. The first-order chi connectivity index (χ1) is 17.9. The van der Waals surface area contributed by atoms with Crippen LogP contribution in [0.3, 0.4) is 0 Å². The number of carbonyl (C=O) groups excluding carboxylic acids is 2. The molecule has 1 atom stereocenters. The number of imidazole rings is 1. The molecule has 0 saturated heterocycles. The Morgan fingerprint density at radius 3 is 2.62 bits per heavy atom. The summed E-state index contributed by atoms with van der Waals surface area (Å²) in [6.07, 6.45) is 6.61. The number of fused-ring (bicyclic) bond motifs is 1. The lowest BCUT2D eigenvalue weighted by Crippen LogP contribution is -2.42. The van der Waals surface area contributed by atoms with Crippen LogP contribution in [-0.4, -0.2) is 59.1 Å². The Bertz CT molecular complexity index is 1280. The van der Waals surface area contributed by atoms with Crippen molar-refractivity contribution in [2.24, 2.45) is 5.92 Å². The van der Waals surface area contributed by atoms with E-state index in [2.05, 4.69) is 10.6 Å². The Morgan fingerprint density at radius 1 is 1.14 bits per heavy atom. The maximum atomic E-state index is 13.5. The molecule has 1 aliphatic rings. The van der Waals surface area contributed by atoms with E-state index in [0.717, 1.165) is 37.7 Å². The van der Waals surface area contributed by atoms with Gasteiger partial charge in [-0.05, 0) is 43.0 Å². The van der Waals surface area contributed by atoms with E-state index in [0.29, 0.717) is 28.5 Å². The minimum atomic E-state index is -0.940. The van der Waals surface area contributed by atoms with Crippen LogP contribution in [0.2, 0.25) is 0 Å². The van der Waals surface area contributed by atoms with Crippen LogP contribution in [-0.2, 0) is 14.3 Å². The fourth-order valence-corrected chi connectivity index (χ4v) is 4.92. The van der Waals surface area contributed by atoms with Crippen LogP contribution in [0.25, 0.3) is 16.9 Å². The molecule has 2 aromatic heterocycles. The number of pyridine rings is 1. The number of methoxy groups -OCH3 is 2. The van der Waals surface area contributed by atoms with Crippen molar-refractivity contribution in [3.63, 3.8) is 0 Å². The number of nitrogens with zero attached hydrogens (tertiary/aromatic N) is 2. The van der Waals surface area contributed by atoms with Crippen LogP contribution >= 0.6 is 0 Å². The number of nitrogens with one attached hydrogen (secondary N) is 2. The molecule has 1 unspecified atom stereocenters. The number of carboxylic acids is 1. The molecule has 2 heterocycles. The zero-order chi connectivity index (χ0) is 26.4. The van der Waals surface area contributed by atoms with Gasteiger partial charge in [0.2, 0.25) is 0 Å². The molecule has 1 fully saturated rings. The lowest BCUT2D eigenvalue weighted by Gasteiger charge is -2.30. The zero-order valence-corrected chi connectivity index (χ0v) is 21.0. The summed E-state index contributed by atoms with van der Waals surface area (Å²) in [5.41, 5.74) is 1.94. The van der Waals surface area contributed by atoms with Gasteiger partial charge in [0.25, 0.3) is 5.91 Å². The highest BCUT2D eigenvalue weighted by Crippen LogP contribution is 2.32. The van der Waals surface area contributed by atoms with E-state index in [1.165, 1.54) is 7.11 Å². The average molecular weight is 509 g/mol. The molecule has 0 spiro atoms. The smallest absolute Gasteiger partial charge is 0.325 e. The Balaban J connectivity index is 1.73. The third kappa shape index (κ3) is 6.02. The molecule has 0 radical (unpaired) electrons. The van der Waals surface area contributed by atoms with E-state index >= 15 is 0 Å². The van der Waals surface area contributed by atoms with Gasteiger partial charge in [0.1, 0.15) is 23.8 Å². The summed E-state index contributed by atoms with van der Waals surface area (Å²) in [4.78, 5) is 41.7. The van der Waals surface area contributed by atoms with E-state index < -0.39 is 18.0 Å². The number of rotatable bonds is 10. The van der Waals surface area contributed by atoms with Gasteiger partial charge in [-0.2, -0.15) is 0 Å². The second-order valence-corrected chi connectivity index (χ2v) is 9.16. The molecule has 3 aromatic rings. The van der Waals surface area contributed by atoms with Crippen molar-refractivity contribution < 1.29 is 29.0 Å². The molecule has 1 aromatic carbocycles. The van der Waals surface area contributed by atoms with Crippen molar-refractivity contribution in [2.45, 2.75) is 44.6 Å². The van der Waals surface area contributed by atoms with E-state index in [9.17, 15) is 19.5 Å². The Hall–Kier alpha value is -4.08. The minimum absolute atomic E-state index is 0.0972. The van der Waals surface area contributed by atoms with Gasteiger partial charge in [-0.3, -0.25) is 18.8 Å². The molecule has 4 rings (SSSR count). The van der Waals surface area contributed by atoms with Crippen molar-refractivity contribution in [3.05, 3.63) is 48.2 Å². The van der Waals surface area contributed by atoms with Gasteiger partial charge < -0.3 is 25.2 Å². The normalized spacial score (nSPS) is 14.6. The Labute approximate surface area is 215 Å². The number of carboxylic acid groups (broad SMARTS) is 1. The van der Waals surface area contributed by atoms with Crippen LogP contribution in [0.5, 0.6) is 5.75 Å². The highest BCUT2D eigenvalue weighted by molar-refractivity contribution is 6.01. The highest BCUT2D eigenvalue weighted by Gasteiger charge is 2.29. The lowest BCUT2D eigenvalue weighted by atomic mass is 9.82. The number of hydrogen-bond acceptors (Lipinski definition) is 7. The molecule has 196 valence electrons. The first-order valence-corrected chi connectivity index (χ1v) is 12.4. The monoisotopic (exact) mass is 508 g/mol. The largest absolute Gasteiger partial charge is 0.497 e. The van der Waals surface area contributed by atoms with E-state index in [4.69, 9.17) is 14.5 Å². The molecule has 37 heavy (non-hydrogen) atoms. The third-order valence-corrected chi connectivity index (χ3v) is 6.80. The van der Waals surface area contributed by atoms with Gasteiger partial charge in [-0.25, -0.2) is 4.98 Å². The van der Waals surface area contributed by atoms with Gasteiger partial charge in [-0.1, -0.05) is 31.4 Å². The molecule has 1 saturated carbocycles. The fourth-order valence-electron chi connectivity index (χ4n) is 4.92. The standard InChI is InChI=1S/C27H32N4O6/c1-36-19-11-6-10-18(14-19)24-26(28-16-23(34)37-2)31-13-7-12-20(25(31)30-24)27(35)29-21(15-22(32)33)17-8-4-3-5-9-17/h6-7,10-14,17,21,28H,3-5,8-9,15-16H2,1-2H3,(H,29,35)(H,32,33). The Morgan fingerprint density at radius 2 is 1.92 bits per heavy atom. The van der Waals surface area contributed by atoms with Crippen molar-refractivity contribution in [1.29, 1.82) is 0 Å². The van der Waals surface area contributed by atoms with Crippen LogP contribution in [0.4, 0.5) is 5.82 Å². The number of amides is 1. The molecule has 1 amide bonds. The van der Waals surface area contributed by atoms with Gasteiger partial charge in [0.15, 0.2) is 5.65 Å². The number of carbonyl (C=O) groups is 3. The SMILES string of the molecule is COC(=O)CNc1c(-c2cccc(OC)c2)nc2c(C(=O)NC(CC(=O)O)C3CCCCC3)cccn12. The number of esters is 1. The van der Waals surface area contributed by atoms with Gasteiger partial charge in [-0.15, -0.1) is 0 Å². The molecular formula is C27H32N4O6. The summed E-state index contributed by atoms with van der Waals surface area (Å²) in [7, 11) is 2.88. The highest BCUT2D eigenvalue weighted by atomic mass is 16.5. The Kier molecular flexibility index (Phi) is 8.27. The van der Waals surface area contributed by atoms with Crippen molar-refractivity contribution >= 4 is 29.3 Å². The van der Waals surface area contributed by atoms with Crippen LogP contribution in [0, 0.1) is 5.92 Å². The molecular weight excluding hydrogens is 476 g/mol. The molecule has 0 bridgehead atoms. The summed E-state index contributed by atoms with van der Waals surface area (Å²) in [6.45, 7) is -0.0972. The van der Waals surface area contributed by atoms with Crippen molar-refractivity contribution in [3.8, 4) is 17.0 Å². The predicted octanol–water partition coefficient (Wildman–Crippen LogP) is 3.75. The van der Waals surface area contributed by atoms with Crippen molar-refractivity contribution in [2.75, 3.05) is 26.1 Å². The first kappa shape index (κ1) is 26.0. The maximum absolute atomic E-state index is 13.5. The van der Waals surface area contributed by atoms with E-state index in [1.54, 1.807) is 29.8 Å². The quantitative estimate of drug-likeness (QED) is 0.353. The summed E-state index contributed by atoms with van der Waals surface area (Å²) < 4.78 is 11.8. The summed E-state index contributed by atoms with van der Waals surface area (Å²) in [5.74, 6) is -0.510. The van der Waals surface area contributed by atoms with E-state index in [-0.39, 0.29) is 24.8 Å². The van der Waals surface area contributed by atoms with E-state index in [1.807, 2.05) is 24.3 Å². The zero-order valence-electron chi connectivity index (χ0n) is 21.0. The lowest BCUT2D eigenvalue weighted by molar-refractivity contribution is -0.139. The second-order valence-electron chi connectivity index (χ2n) is 9.16. The van der Waals surface area contributed by atoms with Crippen LogP contribution < -0.4 is 15.4 Å². The fraction of sp³-hybridized carbons (Fsp3) is 0.407. The molecule has 10 nitrogen and oxygen atoms in total. The first-order valence-electron chi connectivity index (χ1n) is 12.4. The number of benzene rings is 1. The molecule has 1 aliphatic carbocycles. The van der Waals surface area contributed by atoms with Crippen molar-refractivity contribution in [1.82, 2.24) is 14.7 Å². The number of anilines is 1. The maximum Gasteiger partial charge on any atom is 0.325 e. The predicted molar refractivity (Wildman–Crippen MR) is 138 cm³/mol. The minimum Gasteiger partial charge on any atom is -0.497 e. The molecule has 3 N–H and O–H groups in total. The second kappa shape index (κ2) is 11.8. The van der Waals surface area contributed by atoms with Gasteiger partial charge >= 0.3 is 11.9 Å². The van der Waals surface area contributed by atoms with Gasteiger partial charge in [0.05, 0.1) is 26.2 Å². The van der Waals surface area contributed by atoms with Gasteiger partial charge in [0, 0.05) is 17.8 Å².